The monoisotopic (exact) mass is 349 g/mol. The van der Waals surface area contributed by atoms with Gasteiger partial charge in [0.25, 0.3) is 5.91 Å². The number of fused-ring (bicyclic) bond motifs is 1. The quantitative estimate of drug-likeness (QED) is 0.619. The SMILES string of the molecule is CC(=O)c1cc2c(cc1NC(=O)COC(=O)C1=COCCO1)OCO2. The van der Waals surface area contributed by atoms with Crippen molar-refractivity contribution in [2.45, 2.75) is 6.92 Å². The molecular formula is C16H15NO8. The number of Topliss-reactive ketones (excluding diaryl/α,β-unsaturated/α-hetero) is 1. The molecule has 132 valence electrons. The van der Waals surface area contributed by atoms with Gasteiger partial charge in [0.2, 0.25) is 12.6 Å². The van der Waals surface area contributed by atoms with Crippen LogP contribution < -0.4 is 14.8 Å². The van der Waals surface area contributed by atoms with Gasteiger partial charge in [-0.15, -0.1) is 0 Å². The zero-order valence-electron chi connectivity index (χ0n) is 13.3. The number of ketones is 1. The molecule has 2 heterocycles. The topological polar surface area (TPSA) is 109 Å². The van der Waals surface area contributed by atoms with Crippen LogP contribution in [-0.4, -0.2) is 44.3 Å². The molecule has 9 heteroatoms. The third kappa shape index (κ3) is 3.82. The van der Waals surface area contributed by atoms with Crippen LogP contribution in [0.15, 0.2) is 24.2 Å². The lowest BCUT2D eigenvalue weighted by Gasteiger charge is -2.14. The van der Waals surface area contributed by atoms with E-state index in [1.165, 1.54) is 19.1 Å². The summed E-state index contributed by atoms with van der Waals surface area (Å²) >= 11 is 0. The van der Waals surface area contributed by atoms with Gasteiger partial charge < -0.3 is 29.0 Å². The third-order valence-corrected chi connectivity index (χ3v) is 3.35. The van der Waals surface area contributed by atoms with Gasteiger partial charge in [0.15, 0.2) is 23.9 Å². The molecular weight excluding hydrogens is 334 g/mol. The summed E-state index contributed by atoms with van der Waals surface area (Å²) in [6.07, 6.45) is 1.13. The first kappa shape index (κ1) is 16.6. The molecule has 0 bridgehead atoms. The maximum Gasteiger partial charge on any atom is 0.377 e. The molecule has 2 aliphatic heterocycles. The van der Waals surface area contributed by atoms with Crippen molar-refractivity contribution < 1.29 is 38.1 Å². The molecule has 25 heavy (non-hydrogen) atoms. The summed E-state index contributed by atoms with van der Waals surface area (Å²) in [6, 6.07) is 2.98. The van der Waals surface area contributed by atoms with Crippen molar-refractivity contribution in [2.24, 2.45) is 0 Å². The van der Waals surface area contributed by atoms with Crippen molar-refractivity contribution in [1.82, 2.24) is 0 Å². The highest BCUT2D eigenvalue weighted by Crippen LogP contribution is 2.37. The van der Waals surface area contributed by atoms with Crippen molar-refractivity contribution in [2.75, 3.05) is 31.9 Å². The molecule has 0 saturated heterocycles. The molecule has 0 aliphatic carbocycles. The largest absolute Gasteiger partial charge is 0.493 e. The number of amides is 1. The highest BCUT2D eigenvalue weighted by atomic mass is 16.7. The average molecular weight is 349 g/mol. The minimum absolute atomic E-state index is 0.0405. The van der Waals surface area contributed by atoms with E-state index in [-0.39, 0.29) is 36.2 Å². The van der Waals surface area contributed by atoms with Crippen LogP contribution in [0.1, 0.15) is 17.3 Å². The standard InChI is InChI=1S/C16H15NO8/c1-9(18)10-4-12-13(25-8-24-12)5-11(10)17-15(19)7-23-16(20)14-6-21-2-3-22-14/h4-6H,2-3,7-8H2,1H3,(H,17,19). The number of anilines is 1. The van der Waals surface area contributed by atoms with Crippen LogP contribution in [0.5, 0.6) is 11.5 Å². The molecule has 1 aromatic carbocycles. The number of benzene rings is 1. The molecule has 9 nitrogen and oxygen atoms in total. The molecule has 0 radical (unpaired) electrons. The van der Waals surface area contributed by atoms with E-state index in [2.05, 4.69) is 5.32 Å². The second-order valence-electron chi connectivity index (χ2n) is 5.13. The Morgan fingerprint density at radius 3 is 2.56 bits per heavy atom. The molecule has 0 spiro atoms. The van der Waals surface area contributed by atoms with Crippen LogP contribution in [0.3, 0.4) is 0 Å². The Morgan fingerprint density at radius 1 is 1.12 bits per heavy atom. The van der Waals surface area contributed by atoms with Crippen LogP contribution in [0.2, 0.25) is 0 Å². The number of carbonyl (C=O) groups is 3. The number of esters is 1. The van der Waals surface area contributed by atoms with Gasteiger partial charge in [-0.1, -0.05) is 0 Å². The van der Waals surface area contributed by atoms with Gasteiger partial charge in [0, 0.05) is 11.6 Å². The number of carbonyl (C=O) groups excluding carboxylic acids is 3. The van der Waals surface area contributed by atoms with E-state index in [0.717, 1.165) is 6.26 Å². The van der Waals surface area contributed by atoms with Crippen molar-refractivity contribution in [3.8, 4) is 11.5 Å². The Balaban J connectivity index is 1.63. The highest BCUT2D eigenvalue weighted by molar-refractivity contribution is 6.05. The summed E-state index contributed by atoms with van der Waals surface area (Å²) in [5.41, 5.74) is 0.505. The van der Waals surface area contributed by atoms with E-state index in [1.54, 1.807) is 0 Å². The molecule has 1 aromatic rings. The van der Waals surface area contributed by atoms with Gasteiger partial charge >= 0.3 is 5.97 Å². The summed E-state index contributed by atoms with van der Waals surface area (Å²) in [4.78, 5) is 35.5. The normalized spacial score (nSPS) is 14.7. The smallest absolute Gasteiger partial charge is 0.377 e. The lowest BCUT2D eigenvalue weighted by Crippen LogP contribution is -2.24. The van der Waals surface area contributed by atoms with Crippen LogP contribution in [0, 0.1) is 0 Å². The predicted molar refractivity (Wildman–Crippen MR) is 82.1 cm³/mol. The average Bonchev–Trinajstić information content (AvgIpc) is 3.07. The zero-order chi connectivity index (χ0) is 17.8. The van der Waals surface area contributed by atoms with Crippen LogP contribution >= 0.6 is 0 Å². The fourth-order valence-electron chi connectivity index (χ4n) is 2.20. The number of hydrogen-bond acceptors (Lipinski definition) is 8. The van der Waals surface area contributed by atoms with Crippen molar-refractivity contribution in [1.29, 1.82) is 0 Å². The highest BCUT2D eigenvalue weighted by Gasteiger charge is 2.22. The molecule has 0 aromatic heterocycles. The zero-order valence-corrected chi connectivity index (χ0v) is 13.3. The van der Waals surface area contributed by atoms with E-state index in [9.17, 15) is 14.4 Å². The summed E-state index contributed by atoms with van der Waals surface area (Å²) in [5.74, 6) is -0.958. The second kappa shape index (κ2) is 7.12. The summed E-state index contributed by atoms with van der Waals surface area (Å²) in [7, 11) is 0. The minimum atomic E-state index is -0.813. The summed E-state index contributed by atoms with van der Waals surface area (Å²) in [6.45, 7) is 1.42. The van der Waals surface area contributed by atoms with Crippen LogP contribution in [0.25, 0.3) is 0 Å². The molecule has 1 N–H and O–H groups in total. The summed E-state index contributed by atoms with van der Waals surface area (Å²) < 4.78 is 25.3. The Hall–Kier alpha value is -3.23. The fraction of sp³-hybridized carbons (Fsp3) is 0.312. The lowest BCUT2D eigenvalue weighted by atomic mass is 10.1. The lowest BCUT2D eigenvalue weighted by molar-refractivity contribution is -0.148. The number of nitrogens with one attached hydrogen (secondary N) is 1. The first-order valence-electron chi connectivity index (χ1n) is 7.40. The fourth-order valence-corrected chi connectivity index (χ4v) is 2.20. The Kier molecular flexibility index (Phi) is 4.73. The minimum Gasteiger partial charge on any atom is -0.493 e. The van der Waals surface area contributed by atoms with Gasteiger partial charge in [-0.25, -0.2) is 4.79 Å². The predicted octanol–water partition coefficient (Wildman–Crippen LogP) is 0.988. The van der Waals surface area contributed by atoms with Crippen molar-refractivity contribution in [3.63, 3.8) is 0 Å². The van der Waals surface area contributed by atoms with Crippen LogP contribution in [0.4, 0.5) is 5.69 Å². The number of rotatable bonds is 5. The molecule has 0 fully saturated rings. The molecule has 2 aliphatic rings. The van der Waals surface area contributed by atoms with E-state index in [4.69, 9.17) is 23.7 Å². The maximum atomic E-state index is 12.0. The van der Waals surface area contributed by atoms with Gasteiger partial charge in [0.05, 0.1) is 5.69 Å². The molecule has 0 atom stereocenters. The molecule has 0 unspecified atom stereocenters. The van der Waals surface area contributed by atoms with E-state index < -0.39 is 18.5 Å². The second-order valence-corrected chi connectivity index (χ2v) is 5.13. The first-order chi connectivity index (χ1) is 12.0. The van der Waals surface area contributed by atoms with Crippen molar-refractivity contribution >= 4 is 23.3 Å². The van der Waals surface area contributed by atoms with E-state index >= 15 is 0 Å². The van der Waals surface area contributed by atoms with Gasteiger partial charge in [-0.2, -0.15) is 0 Å². The van der Waals surface area contributed by atoms with Gasteiger partial charge in [-0.3, -0.25) is 9.59 Å². The van der Waals surface area contributed by atoms with E-state index in [0.29, 0.717) is 18.1 Å². The van der Waals surface area contributed by atoms with Gasteiger partial charge in [0.1, 0.15) is 19.5 Å². The number of hydrogen-bond donors (Lipinski definition) is 1. The van der Waals surface area contributed by atoms with Crippen LogP contribution in [-0.2, 0) is 23.8 Å². The van der Waals surface area contributed by atoms with E-state index in [1.807, 2.05) is 0 Å². The maximum absolute atomic E-state index is 12.0. The molecule has 0 saturated carbocycles. The molecule has 3 rings (SSSR count). The summed E-state index contributed by atoms with van der Waals surface area (Å²) in [5, 5.41) is 2.52. The Morgan fingerprint density at radius 2 is 1.88 bits per heavy atom. The Labute approximate surface area is 142 Å². The number of ether oxygens (including phenoxy) is 5. The van der Waals surface area contributed by atoms with Gasteiger partial charge in [-0.05, 0) is 13.0 Å². The first-order valence-corrected chi connectivity index (χ1v) is 7.40. The van der Waals surface area contributed by atoms with Crippen molar-refractivity contribution in [3.05, 3.63) is 29.7 Å². The Bertz CT molecular complexity index is 755. The molecule has 1 amide bonds. The third-order valence-electron chi connectivity index (χ3n) is 3.35.